The molecule has 1 N–H and O–H groups in total. The molecule has 3 nitrogen and oxygen atoms in total. The number of benzene rings is 3. The number of piperidine rings is 1. The first-order valence-corrected chi connectivity index (χ1v) is 11.9. The van der Waals surface area contributed by atoms with Gasteiger partial charge < -0.3 is 5.32 Å². The van der Waals surface area contributed by atoms with E-state index in [1.165, 1.54) is 30.4 Å². The van der Waals surface area contributed by atoms with Gasteiger partial charge in [-0.05, 0) is 79.2 Å². The molecule has 0 aliphatic carbocycles. The van der Waals surface area contributed by atoms with Crippen molar-refractivity contribution in [2.24, 2.45) is 5.92 Å². The molecule has 32 heavy (non-hydrogen) atoms. The van der Waals surface area contributed by atoms with E-state index in [4.69, 9.17) is 23.2 Å². The van der Waals surface area contributed by atoms with Gasteiger partial charge >= 0.3 is 0 Å². The van der Waals surface area contributed by atoms with Crippen LogP contribution < -0.4 is 5.32 Å². The van der Waals surface area contributed by atoms with Gasteiger partial charge in [0.25, 0.3) is 5.91 Å². The number of nitrogens with zero attached hydrogens (tertiary/aromatic N) is 1. The minimum atomic E-state index is -0.107. The first-order valence-electron chi connectivity index (χ1n) is 11.1. The normalized spacial score (nSPS) is 14.9. The number of likely N-dealkylation sites (tertiary alicyclic amines) is 1. The molecule has 0 unspecified atom stereocenters. The third-order valence-electron chi connectivity index (χ3n) is 6.15. The van der Waals surface area contributed by atoms with E-state index in [0.717, 1.165) is 31.1 Å². The molecule has 0 saturated carbocycles. The summed E-state index contributed by atoms with van der Waals surface area (Å²) in [5.41, 5.74) is 4.18. The first-order chi connectivity index (χ1) is 15.6. The Labute approximate surface area is 200 Å². The molecule has 3 aromatic carbocycles. The Hall–Kier alpha value is -2.33. The van der Waals surface area contributed by atoms with Crippen LogP contribution in [0.25, 0.3) is 0 Å². The van der Waals surface area contributed by atoms with Crippen molar-refractivity contribution in [1.29, 1.82) is 0 Å². The highest BCUT2D eigenvalue weighted by Crippen LogP contribution is 2.23. The molecule has 0 spiro atoms. The van der Waals surface area contributed by atoms with Crippen molar-refractivity contribution in [3.63, 3.8) is 0 Å². The predicted octanol–water partition coefficient (Wildman–Crippen LogP) is 6.38. The molecule has 1 saturated heterocycles. The molecule has 4 rings (SSSR count). The maximum atomic E-state index is 12.5. The fourth-order valence-electron chi connectivity index (χ4n) is 4.26. The molecule has 1 aliphatic rings. The largest absolute Gasteiger partial charge is 0.348 e. The molecule has 0 aromatic heterocycles. The zero-order valence-corrected chi connectivity index (χ0v) is 19.6. The Morgan fingerprint density at radius 1 is 0.906 bits per heavy atom. The summed E-state index contributed by atoms with van der Waals surface area (Å²) >= 11 is 12.1. The Balaban J connectivity index is 1.23. The molecule has 5 heteroatoms. The van der Waals surface area contributed by atoms with E-state index in [9.17, 15) is 4.79 Å². The van der Waals surface area contributed by atoms with E-state index >= 15 is 0 Å². The Morgan fingerprint density at radius 2 is 1.62 bits per heavy atom. The smallest absolute Gasteiger partial charge is 0.251 e. The van der Waals surface area contributed by atoms with Crippen molar-refractivity contribution in [2.75, 3.05) is 13.1 Å². The lowest BCUT2D eigenvalue weighted by Gasteiger charge is -2.32. The molecule has 1 aliphatic heterocycles. The van der Waals surface area contributed by atoms with Crippen LogP contribution in [-0.2, 0) is 19.5 Å². The highest BCUT2D eigenvalue weighted by atomic mass is 35.5. The van der Waals surface area contributed by atoms with E-state index < -0.39 is 0 Å². The van der Waals surface area contributed by atoms with Gasteiger partial charge in [0.2, 0.25) is 0 Å². The molecule has 166 valence electrons. The summed E-state index contributed by atoms with van der Waals surface area (Å²) < 4.78 is 0. The van der Waals surface area contributed by atoms with Crippen molar-refractivity contribution in [3.8, 4) is 0 Å². The first kappa shape index (κ1) is 22.8. The summed E-state index contributed by atoms with van der Waals surface area (Å²) in [5, 5.41) is 4.06. The lowest BCUT2D eigenvalue weighted by atomic mass is 9.90. The number of carbonyl (C=O) groups is 1. The molecule has 1 fully saturated rings. The lowest BCUT2D eigenvalue weighted by molar-refractivity contribution is 0.0951. The minimum absolute atomic E-state index is 0.107. The van der Waals surface area contributed by atoms with Gasteiger partial charge in [-0.3, -0.25) is 9.69 Å². The van der Waals surface area contributed by atoms with Gasteiger partial charge in [0.05, 0.1) is 0 Å². The van der Waals surface area contributed by atoms with Crippen molar-refractivity contribution in [3.05, 3.63) is 105 Å². The Bertz CT molecular complexity index is 1030. The number of carbonyl (C=O) groups excluding carboxylic acids is 1. The maximum absolute atomic E-state index is 12.5. The summed E-state index contributed by atoms with van der Waals surface area (Å²) in [7, 11) is 0. The minimum Gasteiger partial charge on any atom is -0.348 e. The zero-order chi connectivity index (χ0) is 22.3. The summed E-state index contributed by atoms with van der Waals surface area (Å²) in [4.78, 5) is 15.0. The van der Waals surface area contributed by atoms with Crippen LogP contribution in [0.1, 0.15) is 39.9 Å². The van der Waals surface area contributed by atoms with Crippen molar-refractivity contribution >= 4 is 29.1 Å². The number of nitrogens with one attached hydrogen (secondary N) is 1. The summed E-state index contributed by atoms with van der Waals surface area (Å²) in [6.45, 7) is 3.55. The molecular formula is C27H28Cl2N2O. The second kappa shape index (κ2) is 11.0. The number of hydrogen-bond acceptors (Lipinski definition) is 2. The third-order valence-corrected chi connectivity index (χ3v) is 6.74. The topological polar surface area (TPSA) is 32.3 Å². The second-order valence-electron chi connectivity index (χ2n) is 8.52. The van der Waals surface area contributed by atoms with Crippen LogP contribution in [0, 0.1) is 5.92 Å². The van der Waals surface area contributed by atoms with Crippen LogP contribution in [0.5, 0.6) is 0 Å². The Kier molecular flexibility index (Phi) is 7.85. The van der Waals surface area contributed by atoms with Gasteiger partial charge in [-0.1, -0.05) is 71.7 Å². The zero-order valence-electron chi connectivity index (χ0n) is 18.1. The molecule has 1 amide bonds. The van der Waals surface area contributed by atoms with Crippen LogP contribution >= 0.6 is 23.2 Å². The van der Waals surface area contributed by atoms with Crippen LogP contribution in [0.2, 0.25) is 10.0 Å². The number of halogens is 2. The van der Waals surface area contributed by atoms with Crippen molar-refractivity contribution < 1.29 is 4.79 Å². The van der Waals surface area contributed by atoms with E-state index in [-0.39, 0.29) is 5.91 Å². The quantitative estimate of drug-likeness (QED) is 0.438. The van der Waals surface area contributed by atoms with E-state index in [1.807, 2.05) is 18.2 Å². The number of amides is 1. The molecular weight excluding hydrogens is 439 g/mol. The van der Waals surface area contributed by atoms with E-state index in [1.54, 1.807) is 12.1 Å². The van der Waals surface area contributed by atoms with Crippen LogP contribution in [0.4, 0.5) is 0 Å². The van der Waals surface area contributed by atoms with Gasteiger partial charge in [-0.2, -0.15) is 0 Å². The molecule has 3 aromatic rings. The molecule has 1 heterocycles. The second-order valence-corrected chi connectivity index (χ2v) is 9.37. The number of rotatable bonds is 7. The highest BCUT2D eigenvalue weighted by Gasteiger charge is 2.19. The molecule has 0 bridgehead atoms. The van der Waals surface area contributed by atoms with Crippen LogP contribution in [0.3, 0.4) is 0 Å². The van der Waals surface area contributed by atoms with E-state index in [2.05, 4.69) is 52.7 Å². The van der Waals surface area contributed by atoms with Gasteiger partial charge in [0, 0.05) is 28.7 Å². The molecule has 0 radical (unpaired) electrons. The fraction of sp³-hybridized carbons (Fsp3) is 0.296. The lowest BCUT2D eigenvalue weighted by Crippen LogP contribution is -2.33. The van der Waals surface area contributed by atoms with Crippen molar-refractivity contribution in [2.45, 2.75) is 32.4 Å². The standard InChI is InChI=1S/C27H28Cl2N2O/c28-25-11-10-24(26(29)17-25)18-30-27(32)23-8-6-22(7-9-23)19-31-14-12-21(13-15-31)16-20-4-2-1-3-5-20/h1-11,17,21H,12-16,18-19H2,(H,30,32). The SMILES string of the molecule is O=C(NCc1ccc(Cl)cc1Cl)c1ccc(CN2CCC(Cc3ccccc3)CC2)cc1. The maximum Gasteiger partial charge on any atom is 0.251 e. The van der Waals surface area contributed by atoms with Gasteiger partial charge in [0.15, 0.2) is 0 Å². The predicted molar refractivity (Wildman–Crippen MR) is 132 cm³/mol. The van der Waals surface area contributed by atoms with Gasteiger partial charge in [-0.25, -0.2) is 0 Å². The summed E-state index contributed by atoms with van der Waals surface area (Å²) in [6, 6.07) is 24.0. The van der Waals surface area contributed by atoms with Crippen LogP contribution in [-0.4, -0.2) is 23.9 Å². The highest BCUT2D eigenvalue weighted by molar-refractivity contribution is 6.35. The number of hydrogen-bond donors (Lipinski definition) is 1. The fourth-order valence-corrected chi connectivity index (χ4v) is 4.73. The van der Waals surface area contributed by atoms with Crippen molar-refractivity contribution in [1.82, 2.24) is 10.2 Å². The van der Waals surface area contributed by atoms with Gasteiger partial charge in [-0.15, -0.1) is 0 Å². The molecule has 0 atom stereocenters. The summed E-state index contributed by atoms with van der Waals surface area (Å²) in [5.74, 6) is 0.665. The van der Waals surface area contributed by atoms with Crippen LogP contribution in [0.15, 0.2) is 72.8 Å². The average Bonchev–Trinajstić information content (AvgIpc) is 2.81. The monoisotopic (exact) mass is 466 g/mol. The van der Waals surface area contributed by atoms with Gasteiger partial charge in [0.1, 0.15) is 0 Å². The summed E-state index contributed by atoms with van der Waals surface area (Å²) in [6.07, 6.45) is 3.66. The Morgan fingerprint density at radius 3 is 2.31 bits per heavy atom. The third kappa shape index (κ3) is 6.35. The average molecular weight is 467 g/mol. The van der Waals surface area contributed by atoms with E-state index in [0.29, 0.717) is 22.2 Å².